The van der Waals surface area contributed by atoms with Gasteiger partial charge in [0.15, 0.2) is 0 Å². The number of nitrogens with one attached hydrogen (secondary N) is 1. The molecular weight excluding hydrogens is 286 g/mol. The highest BCUT2D eigenvalue weighted by molar-refractivity contribution is 5.94. The van der Waals surface area contributed by atoms with Crippen molar-refractivity contribution in [3.05, 3.63) is 29.8 Å². The number of carboxylic acids is 1. The Morgan fingerprint density at radius 1 is 1.18 bits per heavy atom. The summed E-state index contributed by atoms with van der Waals surface area (Å²) in [6.45, 7) is 5.58. The molecule has 1 aromatic carbocycles. The molecule has 0 bridgehead atoms. The van der Waals surface area contributed by atoms with Gasteiger partial charge < -0.3 is 15.2 Å². The molecule has 0 unspecified atom stereocenters. The van der Waals surface area contributed by atoms with Gasteiger partial charge in [0.1, 0.15) is 5.75 Å². The highest BCUT2D eigenvalue weighted by Gasteiger charge is 2.27. The molecule has 0 aliphatic carbocycles. The molecule has 2 N–H and O–H groups in total. The van der Waals surface area contributed by atoms with Crippen molar-refractivity contribution in [1.29, 1.82) is 0 Å². The lowest BCUT2D eigenvalue weighted by Gasteiger charge is -2.20. The van der Waals surface area contributed by atoms with Gasteiger partial charge in [0.25, 0.3) is 5.91 Å². The Labute approximate surface area is 129 Å². The van der Waals surface area contributed by atoms with Gasteiger partial charge in [-0.15, -0.1) is 0 Å². The minimum atomic E-state index is -0.971. The summed E-state index contributed by atoms with van der Waals surface area (Å²) < 4.78 is 5.27. The van der Waals surface area contributed by atoms with Gasteiger partial charge in [0, 0.05) is 12.1 Å². The molecule has 0 saturated carbocycles. The molecule has 0 aliphatic rings. The van der Waals surface area contributed by atoms with E-state index in [1.807, 2.05) is 6.92 Å². The maximum absolute atomic E-state index is 11.9. The first-order chi connectivity index (χ1) is 10.3. The topological polar surface area (TPSA) is 92.7 Å². The fourth-order valence-corrected chi connectivity index (χ4v) is 1.45. The Bertz CT molecular complexity index is 548. The van der Waals surface area contributed by atoms with Crippen LogP contribution >= 0.6 is 0 Å². The number of hydrogen-bond donors (Lipinski definition) is 2. The van der Waals surface area contributed by atoms with E-state index in [9.17, 15) is 14.4 Å². The average Bonchev–Trinajstić information content (AvgIpc) is 2.47. The summed E-state index contributed by atoms with van der Waals surface area (Å²) in [5.41, 5.74) is -0.188. The van der Waals surface area contributed by atoms with E-state index in [2.05, 4.69) is 5.32 Å². The molecule has 1 amide bonds. The highest BCUT2D eigenvalue weighted by atomic mass is 16.5. The molecule has 6 nitrogen and oxygen atoms in total. The zero-order valence-corrected chi connectivity index (χ0v) is 13.0. The van der Waals surface area contributed by atoms with E-state index in [-0.39, 0.29) is 24.8 Å². The monoisotopic (exact) mass is 307 g/mol. The van der Waals surface area contributed by atoms with Gasteiger partial charge in [-0.1, -0.05) is 6.92 Å². The minimum absolute atomic E-state index is 0.0651. The second-order valence-electron chi connectivity index (χ2n) is 5.55. The number of carboxylic acid groups (broad SMARTS) is 1. The van der Waals surface area contributed by atoms with Crippen molar-refractivity contribution in [3.8, 4) is 5.75 Å². The fraction of sp³-hybridized carbons (Fsp3) is 0.438. The Morgan fingerprint density at radius 3 is 2.27 bits per heavy atom. The first-order valence-corrected chi connectivity index (χ1v) is 7.08. The van der Waals surface area contributed by atoms with E-state index in [0.717, 1.165) is 0 Å². The minimum Gasteiger partial charge on any atom is -0.481 e. The molecule has 0 fully saturated rings. The molecule has 6 heteroatoms. The van der Waals surface area contributed by atoms with Crippen LogP contribution in [0.4, 0.5) is 0 Å². The summed E-state index contributed by atoms with van der Waals surface area (Å²) in [5, 5.41) is 11.0. The predicted molar refractivity (Wildman–Crippen MR) is 80.7 cm³/mol. The third-order valence-electron chi connectivity index (χ3n) is 3.39. The Hall–Kier alpha value is -2.37. The lowest BCUT2D eigenvalue weighted by Crippen LogP contribution is -2.28. The van der Waals surface area contributed by atoms with Crippen LogP contribution in [-0.2, 0) is 9.59 Å². The van der Waals surface area contributed by atoms with Crippen molar-refractivity contribution < 1.29 is 24.2 Å². The molecule has 1 rings (SSSR count). The summed E-state index contributed by atoms with van der Waals surface area (Å²) in [6.07, 6.45) is 0.531. The number of benzene rings is 1. The number of carbonyl (C=O) groups is 3. The molecule has 1 aromatic rings. The van der Waals surface area contributed by atoms with Crippen molar-refractivity contribution in [3.63, 3.8) is 0 Å². The van der Waals surface area contributed by atoms with Gasteiger partial charge in [0.05, 0.1) is 11.8 Å². The summed E-state index contributed by atoms with van der Waals surface area (Å²) >= 11 is 0. The number of aliphatic carboxylic acids is 1. The summed E-state index contributed by atoms with van der Waals surface area (Å²) in [4.78, 5) is 34.1. The molecule has 120 valence electrons. The summed E-state index contributed by atoms with van der Waals surface area (Å²) in [7, 11) is 0. The first-order valence-electron chi connectivity index (χ1n) is 7.08. The Kier molecular flexibility index (Phi) is 6.10. The van der Waals surface area contributed by atoms with Crippen molar-refractivity contribution in [2.45, 2.75) is 33.6 Å². The van der Waals surface area contributed by atoms with Gasteiger partial charge >= 0.3 is 11.9 Å². The van der Waals surface area contributed by atoms with E-state index in [0.29, 0.717) is 17.7 Å². The number of rotatable bonds is 7. The Morgan fingerprint density at radius 2 is 1.77 bits per heavy atom. The smallest absolute Gasteiger partial charge is 0.316 e. The van der Waals surface area contributed by atoms with Crippen LogP contribution in [0.1, 0.15) is 44.0 Å². The molecule has 0 atom stereocenters. The maximum Gasteiger partial charge on any atom is 0.316 e. The number of amides is 1. The van der Waals surface area contributed by atoms with Crippen LogP contribution < -0.4 is 10.1 Å². The third-order valence-corrected chi connectivity index (χ3v) is 3.39. The van der Waals surface area contributed by atoms with Crippen molar-refractivity contribution in [2.24, 2.45) is 5.41 Å². The normalized spacial score (nSPS) is 10.9. The second kappa shape index (κ2) is 7.59. The van der Waals surface area contributed by atoms with Crippen molar-refractivity contribution in [2.75, 3.05) is 6.54 Å². The molecule has 0 aromatic heterocycles. The van der Waals surface area contributed by atoms with Crippen LogP contribution in [-0.4, -0.2) is 29.5 Å². The van der Waals surface area contributed by atoms with E-state index in [4.69, 9.17) is 9.84 Å². The SMILES string of the molecule is CCC(C)(C)C(=O)Oc1ccc(C(=O)NCCC(=O)O)cc1. The molecule has 0 heterocycles. The number of ether oxygens (including phenoxy) is 1. The Balaban J connectivity index is 2.61. The van der Waals surface area contributed by atoms with E-state index < -0.39 is 11.4 Å². The van der Waals surface area contributed by atoms with Crippen molar-refractivity contribution in [1.82, 2.24) is 5.32 Å². The lowest BCUT2D eigenvalue weighted by molar-refractivity contribution is -0.144. The van der Waals surface area contributed by atoms with Crippen LogP contribution in [0, 0.1) is 5.41 Å². The molecule has 0 saturated heterocycles. The van der Waals surface area contributed by atoms with E-state index in [1.165, 1.54) is 24.3 Å². The average molecular weight is 307 g/mol. The number of hydrogen-bond acceptors (Lipinski definition) is 4. The van der Waals surface area contributed by atoms with E-state index in [1.54, 1.807) is 13.8 Å². The van der Waals surface area contributed by atoms with Crippen molar-refractivity contribution >= 4 is 17.8 Å². The zero-order chi connectivity index (χ0) is 16.8. The third kappa shape index (κ3) is 5.20. The summed E-state index contributed by atoms with van der Waals surface area (Å²) in [6, 6.07) is 6.13. The summed E-state index contributed by atoms with van der Waals surface area (Å²) in [5.74, 6) is -1.30. The molecule has 0 spiro atoms. The lowest BCUT2D eigenvalue weighted by atomic mass is 9.91. The highest BCUT2D eigenvalue weighted by Crippen LogP contribution is 2.23. The molecule has 0 radical (unpaired) electrons. The second-order valence-corrected chi connectivity index (χ2v) is 5.55. The van der Waals surface area contributed by atoms with Gasteiger partial charge in [-0.2, -0.15) is 0 Å². The molecule has 22 heavy (non-hydrogen) atoms. The zero-order valence-electron chi connectivity index (χ0n) is 13.0. The van der Waals surface area contributed by atoms with Crippen LogP contribution in [0.2, 0.25) is 0 Å². The standard InChI is InChI=1S/C16H21NO5/c1-4-16(2,3)15(21)22-12-7-5-11(6-8-12)14(20)17-10-9-13(18)19/h5-8H,4,9-10H2,1-3H3,(H,17,20)(H,18,19). The predicted octanol–water partition coefficient (Wildman–Crippen LogP) is 2.23. The maximum atomic E-state index is 11.9. The molecular formula is C16H21NO5. The van der Waals surface area contributed by atoms with E-state index >= 15 is 0 Å². The van der Waals surface area contributed by atoms with Gasteiger partial charge in [-0.3, -0.25) is 14.4 Å². The van der Waals surface area contributed by atoms with Gasteiger partial charge in [-0.25, -0.2) is 0 Å². The fourth-order valence-electron chi connectivity index (χ4n) is 1.45. The van der Waals surface area contributed by atoms with Crippen LogP contribution in [0.5, 0.6) is 5.75 Å². The van der Waals surface area contributed by atoms with Gasteiger partial charge in [-0.05, 0) is 44.5 Å². The molecule has 0 aliphatic heterocycles. The van der Waals surface area contributed by atoms with Gasteiger partial charge in [0.2, 0.25) is 0 Å². The van der Waals surface area contributed by atoms with Crippen LogP contribution in [0.3, 0.4) is 0 Å². The largest absolute Gasteiger partial charge is 0.481 e. The number of carbonyl (C=O) groups excluding carboxylic acids is 2. The van der Waals surface area contributed by atoms with Crippen LogP contribution in [0.15, 0.2) is 24.3 Å². The number of esters is 1. The first kappa shape index (κ1) is 17.7. The quantitative estimate of drug-likeness (QED) is 0.595. The van der Waals surface area contributed by atoms with Crippen LogP contribution in [0.25, 0.3) is 0 Å².